The Hall–Kier alpha value is -1.70. The molecule has 4 aliphatic rings. The molecular weight excluding hydrogens is 296 g/mol. The molecule has 6 unspecified atom stereocenters. The second-order valence-corrected chi connectivity index (χ2v) is 8.43. The van der Waals surface area contributed by atoms with E-state index in [0.29, 0.717) is 11.8 Å². The smallest absolute Gasteiger partial charge is 0.127 e. The van der Waals surface area contributed by atoms with Gasteiger partial charge in [0.1, 0.15) is 23.0 Å². The summed E-state index contributed by atoms with van der Waals surface area (Å²) in [7, 11) is 0. The van der Waals surface area contributed by atoms with Crippen LogP contribution >= 0.6 is 0 Å². The molecule has 4 aliphatic carbocycles. The normalized spacial score (nSPS) is 39.1. The minimum absolute atomic E-state index is 0.641. The van der Waals surface area contributed by atoms with Gasteiger partial charge in [0.05, 0.1) is 0 Å². The van der Waals surface area contributed by atoms with Gasteiger partial charge in [-0.15, -0.1) is 0 Å². The molecule has 0 radical (unpaired) electrons. The van der Waals surface area contributed by atoms with E-state index in [1.54, 1.807) is 0 Å². The van der Waals surface area contributed by atoms with Gasteiger partial charge in [0, 0.05) is 11.8 Å². The summed E-state index contributed by atoms with van der Waals surface area (Å²) in [6.07, 6.45) is 9.84. The first-order chi connectivity index (χ1) is 11.7. The molecule has 2 heteroatoms. The average Bonchev–Trinajstić information content (AvgIpc) is 3.30. The van der Waals surface area contributed by atoms with Crippen molar-refractivity contribution in [3.63, 3.8) is 0 Å². The standard InChI is InChI=1S/C22H26O2/c1-13-7-17-9-15(13)11-21(17)23-19-3-5-20(6-4-19)24-22-12-16-10-18(22)8-14(16)2/h3-6,11-18H,7-10H2,1-2H3. The first-order valence-electron chi connectivity index (χ1n) is 9.55. The van der Waals surface area contributed by atoms with Crippen LogP contribution < -0.4 is 9.47 Å². The largest absolute Gasteiger partial charge is 0.462 e. The van der Waals surface area contributed by atoms with E-state index in [0.717, 1.165) is 35.2 Å². The van der Waals surface area contributed by atoms with Gasteiger partial charge in [0.15, 0.2) is 0 Å². The molecule has 2 saturated carbocycles. The minimum atomic E-state index is 0.641. The highest BCUT2D eigenvalue weighted by atomic mass is 16.5. The first-order valence-corrected chi connectivity index (χ1v) is 9.55. The lowest BCUT2D eigenvalue weighted by Gasteiger charge is -2.19. The number of rotatable bonds is 4. The molecule has 24 heavy (non-hydrogen) atoms. The van der Waals surface area contributed by atoms with Crippen LogP contribution in [0.4, 0.5) is 0 Å². The van der Waals surface area contributed by atoms with Crippen molar-refractivity contribution in [3.8, 4) is 11.5 Å². The SMILES string of the molecule is CC1CC2CC1C=C2Oc1ccc(OC2=CC3CC2CC3C)cc1. The van der Waals surface area contributed by atoms with Crippen molar-refractivity contribution in [2.75, 3.05) is 0 Å². The number of allylic oxidation sites excluding steroid dienone is 4. The summed E-state index contributed by atoms with van der Waals surface area (Å²) in [5.74, 6) is 8.66. The second kappa shape index (κ2) is 5.40. The molecule has 5 rings (SSSR count). The number of ether oxygens (including phenoxy) is 2. The summed E-state index contributed by atoms with van der Waals surface area (Å²) in [5.41, 5.74) is 0. The van der Waals surface area contributed by atoms with E-state index in [1.165, 1.54) is 37.2 Å². The molecule has 0 aliphatic heterocycles. The number of hydrogen-bond donors (Lipinski definition) is 0. The third-order valence-electron chi connectivity index (χ3n) is 6.74. The molecule has 6 atom stereocenters. The van der Waals surface area contributed by atoms with E-state index in [4.69, 9.17) is 9.47 Å². The van der Waals surface area contributed by atoms with Gasteiger partial charge in [-0.05, 0) is 85.8 Å². The fourth-order valence-corrected chi connectivity index (χ4v) is 5.27. The number of hydrogen-bond acceptors (Lipinski definition) is 2. The molecule has 1 aromatic carbocycles. The van der Waals surface area contributed by atoms with Crippen LogP contribution in [-0.2, 0) is 0 Å². The highest BCUT2D eigenvalue weighted by molar-refractivity contribution is 5.35. The monoisotopic (exact) mass is 322 g/mol. The van der Waals surface area contributed by atoms with Crippen LogP contribution in [0.5, 0.6) is 11.5 Å². The molecule has 0 heterocycles. The Labute approximate surface area is 144 Å². The minimum Gasteiger partial charge on any atom is -0.462 e. The summed E-state index contributed by atoms with van der Waals surface area (Å²) >= 11 is 0. The van der Waals surface area contributed by atoms with Gasteiger partial charge in [0.25, 0.3) is 0 Å². The van der Waals surface area contributed by atoms with Gasteiger partial charge in [0.2, 0.25) is 0 Å². The molecule has 4 bridgehead atoms. The van der Waals surface area contributed by atoms with Crippen molar-refractivity contribution >= 4 is 0 Å². The molecule has 1 aromatic rings. The highest BCUT2D eigenvalue weighted by Gasteiger charge is 2.40. The third-order valence-corrected chi connectivity index (χ3v) is 6.74. The predicted octanol–water partition coefficient (Wildman–Crippen LogP) is 5.56. The molecule has 2 nitrogen and oxygen atoms in total. The Morgan fingerprint density at radius 1 is 0.667 bits per heavy atom. The maximum absolute atomic E-state index is 6.14. The lowest BCUT2D eigenvalue weighted by molar-refractivity contribution is 0.333. The van der Waals surface area contributed by atoms with Gasteiger partial charge in [-0.25, -0.2) is 0 Å². The predicted molar refractivity (Wildman–Crippen MR) is 94.6 cm³/mol. The van der Waals surface area contributed by atoms with Crippen LogP contribution in [0, 0.1) is 35.5 Å². The Kier molecular flexibility index (Phi) is 3.29. The lowest BCUT2D eigenvalue weighted by Crippen LogP contribution is -2.10. The van der Waals surface area contributed by atoms with Crippen LogP contribution in [0.2, 0.25) is 0 Å². The average molecular weight is 322 g/mol. The Morgan fingerprint density at radius 2 is 1.08 bits per heavy atom. The van der Waals surface area contributed by atoms with E-state index < -0.39 is 0 Å². The highest BCUT2D eigenvalue weighted by Crippen LogP contribution is 2.49. The summed E-state index contributed by atoms with van der Waals surface area (Å²) in [6, 6.07) is 8.17. The quantitative estimate of drug-likeness (QED) is 0.722. The van der Waals surface area contributed by atoms with Gasteiger partial charge in [-0.1, -0.05) is 13.8 Å². The zero-order valence-corrected chi connectivity index (χ0v) is 14.6. The van der Waals surface area contributed by atoms with Crippen LogP contribution in [0.25, 0.3) is 0 Å². The van der Waals surface area contributed by atoms with Gasteiger partial charge < -0.3 is 9.47 Å². The van der Waals surface area contributed by atoms with E-state index >= 15 is 0 Å². The molecule has 0 spiro atoms. The molecule has 126 valence electrons. The maximum Gasteiger partial charge on any atom is 0.127 e. The number of benzene rings is 1. The van der Waals surface area contributed by atoms with E-state index in [1.807, 2.05) is 24.3 Å². The maximum atomic E-state index is 6.14. The summed E-state index contributed by atoms with van der Waals surface area (Å²) in [6.45, 7) is 4.71. The zero-order valence-electron chi connectivity index (χ0n) is 14.6. The molecule has 0 amide bonds. The van der Waals surface area contributed by atoms with Crippen molar-refractivity contribution in [3.05, 3.63) is 47.9 Å². The number of fused-ring (bicyclic) bond motifs is 4. The van der Waals surface area contributed by atoms with Crippen LogP contribution in [0.3, 0.4) is 0 Å². The zero-order chi connectivity index (χ0) is 16.3. The topological polar surface area (TPSA) is 18.5 Å². The summed E-state index contributed by atoms with van der Waals surface area (Å²) in [5, 5.41) is 0. The molecule has 0 N–H and O–H groups in total. The Morgan fingerprint density at radius 3 is 1.38 bits per heavy atom. The Balaban J connectivity index is 1.24. The van der Waals surface area contributed by atoms with Crippen molar-refractivity contribution < 1.29 is 9.47 Å². The Bertz CT molecular complexity index is 638. The van der Waals surface area contributed by atoms with E-state index in [9.17, 15) is 0 Å². The van der Waals surface area contributed by atoms with Crippen LogP contribution in [0.1, 0.15) is 39.5 Å². The summed E-state index contributed by atoms with van der Waals surface area (Å²) < 4.78 is 12.3. The van der Waals surface area contributed by atoms with Crippen LogP contribution in [0.15, 0.2) is 47.9 Å². The third kappa shape index (κ3) is 2.39. The fourth-order valence-electron chi connectivity index (χ4n) is 5.27. The van der Waals surface area contributed by atoms with E-state index in [2.05, 4.69) is 26.0 Å². The fraction of sp³-hybridized carbons (Fsp3) is 0.545. The summed E-state index contributed by atoms with van der Waals surface area (Å²) in [4.78, 5) is 0. The molecule has 2 fully saturated rings. The lowest BCUT2D eigenvalue weighted by atomic mass is 9.95. The second-order valence-electron chi connectivity index (χ2n) is 8.43. The van der Waals surface area contributed by atoms with Crippen LogP contribution in [-0.4, -0.2) is 0 Å². The van der Waals surface area contributed by atoms with Gasteiger partial charge >= 0.3 is 0 Å². The molecular formula is C22H26O2. The van der Waals surface area contributed by atoms with Gasteiger partial charge in [-0.2, -0.15) is 0 Å². The van der Waals surface area contributed by atoms with Gasteiger partial charge in [-0.3, -0.25) is 0 Å². The van der Waals surface area contributed by atoms with Crippen molar-refractivity contribution in [1.29, 1.82) is 0 Å². The van der Waals surface area contributed by atoms with E-state index in [-0.39, 0.29) is 0 Å². The van der Waals surface area contributed by atoms with Crippen molar-refractivity contribution in [2.45, 2.75) is 39.5 Å². The molecule has 0 aromatic heterocycles. The molecule has 0 saturated heterocycles. The van der Waals surface area contributed by atoms with Crippen molar-refractivity contribution in [1.82, 2.24) is 0 Å². The van der Waals surface area contributed by atoms with Crippen molar-refractivity contribution in [2.24, 2.45) is 35.5 Å². The first kappa shape index (κ1) is 14.6.